The molecule has 2 aromatic heterocycles. The molecule has 0 unspecified atom stereocenters. The van der Waals surface area contributed by atoms with E-state index in [0.29, 0.717) is 37.9 Å². The molecule has 1 N–H and O–H groups in total. The Kier molecular flexibility index (Phi) is 9.64. The van der Waals surface area contributed by atoms with Crippen molar-refractivity contribution in [1.29, 1.82) is 0 Å². The number of halogens is 6. The van der Waals surface area contributed by atoms with Gasteiger partial charge in [-0.15, -0.1) is 0 Å². The Balaban J connectivity index is 1.12. The van der Waals surface area contributed by atoms with Gasteiger partial charge in [0.2, 0.25) is 0 Å². The first-order valence-electron chi connectivity index (χ1n) is 15.6. The quantitative estimate of drug-likeness (QED) is 0.178. The van der Waals surface area contributed by atoms with Gasteiger partial charge in [-0.1, -0.05) is 6.07 Å². The van der Waals surface area contributed by atoms with Gasteiger partial charge in [-0.25, -0.2) is 32.0 Å². The Morgan fingerprint density at radius 1 is 0.880 bits per heavy atom. The number of hydrogen-bond donors (Lipinski definition) is 1. The van der Waals surface area contributed by atoms with Crippen molar-refractivity contribution in [2.75, 3.05) is 42.6 Å². The minimum absolute atomic E-state index is 0.0703. The summed E-state index contributed by atoms with van der Waals surface area (Å²) in [5.41, 5.74) is -0.389. The Bertz CT molecular complexity index is 1940. The van der Waals surface area contributed by atoms with Crippen molar-refractivity contribution in [3.8, 4) is 11.4 Å². The topological polar surface area (TPSA) is 93.6 Å². The van der Waals surface area contributed by atoms with Gasteiger partial charge in [0, 0.05) is 61.6 Å². The van der Waals surface area contributed by atoms with E-state index in [1.165, 1.54) is 44.8 Å². The summed E-state index contributed by atoms with van der Waals surface area (Å²) < 4.78 is 88.7. The zero-order valence-corrected chi connectivity index (χ0v) is 26.7. The fourth-order valence-corrected chi connectivity index (χ4v) is 6.00. The Morgan fingerprint density at radius 2 is 1.48 bits per heavy atom. The van der Waals surface area contributed by atoms with E-state index < -0.39 is 47.9 Å². The van der Waals surface area contributed by atoms with Crippen LogP contribution in [0, 0.1) is 11.6 Å². The lowest BCUT2D eigenvalue weighted by molar-refractivity contribution is -0.148. The van der Waals surface area contributed by atoms with Gasteiger partial charge < -0.3 is 19.6 Å². The number of alkyl halides is 4. The molecule has 0 spiro atoms. The molecule has 0 amide bonds. The second kappa shape index (κ2) is 13.9. The number of benzene rings is 3. The number of aromatic nitrogens is 5. The van der Waals surface area contributed by atoms with Crippen LogP contribution >= 0.6 is 0 Å². The molecule has 264 valence electrons. The van der Waals surface area contributed by atoms with Gasteiger partial charge in [0.1, 0.15) is 35.6 Å². The third-order valence-corrected chi connectivity index (χ3v) is 8.90. The van der Waals surface area contributed by atoms with E-state index in [1.54, 1.807) is 37.4 Å². The fraction of sp³-hybridized carbons (Fsp3) is 0.324. The summed E-state index contributed by atoms with van der Waals surface area (Å²) in [6.45, 7) is 2.52. The minimum atomic E-state index is -4.23. The largest absolute Gasteiger partial charge is 0.487 e. The number of anilines is 2. The molecule has 10 nitrogen and oxygen atoms in total. The molecule has 1 aliphatic rings. The highest BCUT2D eigenvalue weighted by molar-refractivity contribution is 5.55. The SMILES string of the molecule is C[C@@H](n1ccn(-c2ccc(N3CCN(c4ccc(OCC(F)(F)C(F)F)cc4)CC3)cc2)c1=O)[C@](O)(Cn1cncn1)c1ccc(F)cc1F. The molecule has 3 heterocycles. The molecule has 1 fully saturated rings. The number of rotatable bonds is 12. The molecule has 2 atom stereocenters. The molecule has 16 heteroatoms. The lowest BCUT2D eigenvalue weighted by Crippen LogP contribution is -2.46. The van der Waals surface area contributed by atoms with E-state index in [2.05, 4.69) is 19.9 Å². The van der Waals surface area contributed by atoms with Gasteiger partial charge in [-0.2, -0.15) is 13.9 Å². The first-order valence-corrected chi connectivity index (χ1v) is 15.6. The van der Waals surface area contributed by atoms with Crippen molar-refractivity contribution in [2.45, 2.75) is 37.5 Å². The van der Waals surface area contributed by atoms with Crippen LogP contribution < -0.4 is 20.2 Å². The minimum Gasteiger partial charge on any atom is -0.487 e. The van der Waals surface area contributed by atoms with Crippen LogP contribution in [0.25, 0.3) is 5.69 Å². The monoisotopic (exact) mass is 701 g/mol. The zero-order chi connectivity index (χ0) is 35.6. The van der Waals surface area contributed by atoms with Crippen molar-refractivity contribution < 1.29 is 36.2 Å². The maximum atomic E-state index is 15.0. The number of aliphatic hydroxyl groups is 1. The summed E-state index contributed by atoms with van der Waals surface area (Å²) >= 11 is 0. The van der Waals surface area contributed by atoms with Crippen molar-refractivity contribution in [3.63, 3.8) is 0 Å². The third kappa shape index (κ3) is 7.06. The van der Waals surface area contributed by atoms with Crippen LogP contribution in [0.3, 0.4) is 0 Å². The Morgan fingerprint density at radius 3 is 2.04 bits per heavy atom. The van der Waals surface area contributed by atoms with Crippen molar-refractivity contribution in [1.82, 2.24) is 23.9 Å². The van der Waals surface area contributed by atoms with Crippen molar-refractivity contribution in [2.24, 2.45) is 0 Å². The van der Waals surface area contributed by atoms with Crippen molar-refractivity contribution in [3.05, 3.63) is 119 Å². The molecular formula is C34H33F6N7O3. The highest BCUT2D eigenvalue weighted by Crippen LogP contribution is 2.36. The summed E-state index contributed by atoms with van der Waals surface area (Å²) in [6.07, 6.45) is 1.84. The molecule has 6 rings (SSSR count). The smallest absolute Gasteiger partial charge is 0.340 e. The fourth-order valence-electron chi connectivity index (χ4n) is 6.00. The Hall–Kier alpha value is -5.25. The lowest BCUT2D eigenvalue weighted by atomic mass is 9.86. The summed E-state index contributed by atoms with van der Waals surface area (Å²) in [7, 11) is 0. The molecule has 0 saturated carbocycles. The first-order chi connectivity index (χ1) is 23.9. The molecule has 1 aliphatic heterocycles. The summed E-state index contributed by atoms with van der Waals surface area (Å²) in [5, 5.41) is 15.9. The molecule has 0 bridgehead atoms. The average molecular weight is 702 g/mol. The average Bonchev–Trinajstić information content (AvgIpc) is 3.76. The van der Waals surface area contributed by atoms with E-state index in [1.807, 2.05) is 12.1 Å². The Labute approximate surface area is 282 Å². The van der Waals surface area contributed by atoms with Crippen LogP contribution in [-0.2, 0) is 12.1 Å². The molecule has 3 aromatic carbocycles. The van der Waals surface area contributed by atoms with Crippen molar-refractivity contribution >= 4 is 11.4 Å². The number of piperazine rings is 1. The van der Waals surface area contributed by atoms with Crippen LogP contribution in [0.1, 0.15) is 18.5 Å². The van der Waals surface area contributed by atoms with Crippen LogP contribution in [-0.4, -0.2) is 74.1 Å². The number of hydrogen-bond acceptors (Lipinski definition) is 7. The van der Waals surface area contributed by atoms with E-state index in [-0.39, 0.29) is 17.9 Å². The number of nitrogens with zero attached hydrogens (tertiary/aromatic N) is 7. The second-order valence-corrected chi connectivity index (χ2v) is 12.0. The predicted octanol–water partition coefficient (Wildman–Crippen LogP) is 5.26. The van der Waals surface area contributed by atoms with Gasteiger partial charge in [0.25, 0.3) is 0 Å². The number of ether oxygens (including phenoxy) is 1. The van der Waals surface area contributed by atoms with E-state index >= 15 is 4.39 Å². The van der Waals surface area contributed by atoms with Gasteiger partial charge in [0.05, 0.1) is 18.3 Å². The molecule has 0 radical (unpaired) electrons. The van der Waals surface area contributed by atoms with Crippen LogP contribution in [0.5, 0.6) is 5.75 Å². The highest BCUT2D eigenvalue weighted by atomic mass is 19.3. The molecule has 0 aliphatic carbocycles. The van der Waals surface area contributed by atoms with Gasteiger partial charge >= 0.3 is 18.0 Å². The standard InChI is InChI=1S/C34H33F6N7O3/c1-23(33(49,19-45-22-41-21-42-45)29-11-2-24(35)18-30(29)36)46-16-17-47(32(46)48)27-5-3-25(4-6-27)43-12-14-44(15-13-43)26-7-9-28(10-8-26)50-20-34(39,40)31(37)38/h2-11,16-18,21-23,31,49H,12-15,19-20H2,1H3/t23-,33-/m1/s1. The highest BCUT2D eigenvalue weighted by Gasteiger charge is 2.42. The molecule has 1 saturated heterocycles. The van der Waals surface area contributed by atoms with Crippen LogP contribution in [0.2, 0.25) is 0 Å². The van der Waals surface area contributed by atoms with Gasteiger partial charge in [-0.3, -0.25) is 9.13 Å². The van der Waals surface area contributed by atoms with E-state index in [0.717, 1.165) is 23.5 Å². The number of imidazole rings is 1. The summed E-state index contributed by atoms with van der Waals surface area (Å²) in [6, 6.07) is 15.5. The first kappa shape index (κ1) is 34.6. The molecular weight excluding hydrogens is 668 g/mol. The molecule has 5 aromatic rings. The zero-order valence-electron chi connectivity index (χ0n) is 26.7. The predicted molar refractivity (Wildman–Crippen MR) is 172 cm³/mol. The third-order valence-electron chi connectivity index (χ3n) is 8.90. The van der Waals surface area contributed by atoms with E-state index in [4.69, 9.17) is 4.74 Å². The normalized spacial score (nSPS) is 15.7. The van der Waals surface area contributed by atoms with Crippen LogP contribution in [0.4, 0.5) is 37.7 Å². The van der Waals surface area contributed by atoms with Gasteiger partial charge in [-0.05, 0) is 61.5 Å². The summed E-state index contributed by atoms with van der Waals surface area (Å²) in [5.74, 6) is -5.93. The summed E-state index contributed by atoms with van der Waals surface area (Å²) in [4.78, 5) is 21.8. The maximum absolute atomic E-state index is 15.0. The maximum Gasteiger partial charge on any atom is 0.340 e. The molecule has 50 heavy (non-hydrogen) atoms. The lowest BCUT2D eigenvalue weighted by Gasteiger charge is -2.37. The van der Waals surface area contributed by atoms with E-state index in [9.17, 15) is 31.9 Å². The van der Waals surface area contributed by atoms with Crippen LogP contribution in [0.15, 0.2) is 96.6 Å². The second-order valence-electron chi connectivity index (χ2n) is 12.0. The van der Waals surface area contributed by atoms with Gasteiger partial charge in [0.15, 0.2) is 6.61 Å².